The van der Waals surface area contributed by atoms with Crippen molar-refractivity contribution in [1.82, 2.24) is 74.0 Å². The first-order chi connectivity index (χ1) is 51.4. The van der Waals surface area contributed by atoms with Crippen LogP contribution in [0.4, 0.5) is 4.79 Å². The Morgan fingerprint density at radius 2 is 1.20 bits per heavy atom. The molecule has 3 aliphatic heterocycles. The number of nitrogens with one attached hydrogen (secondary N) is 14. The number of carboxylic acids is 2. The summed E-state index contributed by atoms with van der Waals surface area (Å²) in [6.07, 6.45) is -6.01. The van der Waals surface area contributed by atoms with Crippen molar-refractivity contribution in [2.75, 3.05) is 43.4 Å². The number of rotatable bonds is 23. The minimum atomic E-state index is -2.10. The van der Waals surface area contributed by atoms with Crippen molar-refractivity contribution in [3.05, 3.63) is 57.2 Å². The SMILES string of the molecule is C[C@@H](O)[C@@H]1NC(=O)[C@@H]2CSSC(C)(C)[C@@H](C(=O)N[C@@H](Cc3ccc(O)cc3)C(=O)O)NC(=O)[C@H](CCC(N)=O)NC(=O)[C@H](Cc3ccc(O)c(I)c3)NC(=O)[C@H](CCCNC(N)=O)NC(=O)[C@H](CSSC[C@@H](NC(=O)CN)C(=O)N2)NC(=O)[C@H](CCCNC(=N)N)NC(=O)[C@@H]2CCCN2C(=O)[C@H](CC(=O)O)NC1=O. The van der Waals surface area contributed by atoms with E-state index in [4.69, 9.17) is 28.3 Å². The average Bonchev–Trinajstić information content (AvgIpc) is 1.74. The van der Waals surface area contributed by atoms with Gasteiger partial charge in [-0.25, -0.2) is 9.59 Å². The maximum atomic E-state index is 15.2. The third-order valence-electron chi connectivity index (χ3n) is 16.9. The number of aromatic hydroxyl groups is 2. The largest absolute Gasteiger partial charge is 0.508 e. The van der Waals surface area contributed by atoms with Crippen molar-refractivity contribution in [1.29, 1.82) is 5.41 Å². The number of primary amides is 2. The molecule has 2 bridgehead atoms. The van der Waals surface area contributed by atoms with Gasteiger partial charge in [0.25, 0.3) is 0 Å². The number of nitrogens with two attached hydrogens (primary N) is 4. The van der Waals surface area contributed by atoms with Gasteiger partial charge in [-0.1, -0.05) is 61.4 Å². The Morgan fingerprint density at radius 3 is 1.80 bits per heavy atom. The zero-order valence-electron chi connectivity index (χ0n) is 59.3. The van der Waals surface area contributed by atoms with E-state index in [0.717, 1.165) is 44.2 Å². The summed E-state index contributed by atoms with van der Waals surface area (Å²) in [5.74, 6) is -20.5. The van der Waals surface area contributed by atoms with Crippen LogP contribution in [0.15, 0.2) is 42.5 Å². The van der Waals surface area contributed by atoms with Crippen LogP contribution in [0, 0.1) is 8.98 Å². The summed E-state index contributed by atoms with van der Waals surface area (Å²) in [7, 11) is 3.00. The van der Waals surface area contributed by atoms with Crippen LogP contribution in [0.3, 0.4) is 0 Å². The molecule has 40 nitrogen and oxygen atoms in total. The number of phenols is 2. The first-order valence-electron chi connectivity index (χ1n) is 34.0. The Kier molecular flexibility index (Phi) is 36.3. The van der Waals surface area contributed by atoms with Crippen molar-refractivity contribution < 1.29 is 102 Å². The highest BCUT2D eigenvalue weighted by atomic mass is 127. The number of nitrogens with zero attached hydrogens (tertiary/aromatic N) is 1. The summed E-state index contributed by atoms with van der Waals surface area (Å²) < 4.78 is -1.50. The normalized spacial score (nSPS) is 24.6. The number of hydrogen-bond acceptors (Lipinski definition) is 25. The minimum Gasteiger partial charge on any atom is -0.508 e. The first-order valence-corrected chi connectivity index (χ1v) is 39.9. The number of aliphatic carboxylic acids is 2. The molecule has 2 aromatic rings. The van der Waals surface area contributed by atoms with E-state index < -0.39 is 246 Å². The van der Waals surface area contributed by atoms with Crippen LogP contribution >= 0.6 is 65.8 Å². The van der Waals surface area contributed by atoms with Gasteiger partial charge in [-0.3, -0.25) is 72.5 Å². The Morgan fingerprint density at radius 1 is 0.661 bits per heavy atom. The predicted octanol–water partition coefficient (Wildman–Crippen LogP) is -5.74. The molecule has 600 valence electrons. The minimum absolute atomic E-state index is 0.0263. The van der Waals surface area contributed by atoms with Crippen molar-refractivity contribution in [3.8, 4) is 11.5 Å². The number of urea groups is 1. The number of hydrogen-bond donors (Lipinski definition) is 23. The smallest absolute Gasteiger partial charge is 0.326 e. The topological polar surface area (TPSA) is 662 Å². The van der Waals surface area contributed by atoms with Crippen LogP contribution in [-0.4, -0.2) is 258 Å². The number of phenolic OH excluding ortho intramolecular Hbond substituents is 2. The van der Waals surface area contributed by atoms with E-state index >= 15 is 24.0 Å². The molecule has 15 amide bonds. The number of benzene rings is 2. The van der Waals surface area contributed by atoms with Gasteiger partial charge in [0, 0.05) is 60.9 Å². The zero-order chi connectivity index (χ0) is 81.0. The van der Waals surface area contributed by atoms with Crippen molar-refractivity contribution in [2.45, 2.75) is 175 Å². The summed E-state index contributed by atoms with van der Waals surface area (Å²) in [6, 6.07) is -13.4. The van der Waals surface area contributed by atoms with E-state index in [1.54, 1.807) is 22.6 Å². The molecular formula is C64H92IN19O21S4. The van der Waals surface area contributed by atoms with Gasteiger partial charge in [-0.15, -0.1) is 0 Å². The molecule has 3 aliphatic rings. The molecule has 0 saturated carbocycles. The van der Waals surface area contributed by atoms with Gasteiger partial charge in [-0.05, 0) is 124 Å². The number of guanidine groups is 1. The van der Waals surface area contributed by atoms with E-state index in [-0.39, 0.29) is 72.4 Å². The fraction of sp³-hybridized carbons (Fsp3) is 0.547. The van der Waals surface area contributed by atoms with Gasteiger partial charge in [0.05, 0.1) is 22.6 Å². The summed E-state index contributed by atoms with van der Waals surface area (Å²) in [5.41, 5.74) is 22.8. The van der Waals surface area contributed by atoms with E-state index in [1.807, 2.05) is 0 Å². The Hall–Kier alpha value is -9.32. The molecule has 27 N–H and O–H groups in total. The third-order valence-corrected chi connectivity index (χ3v) is 23.5. The second-order valence-electron chi connectivity index (χ2n) is 25.9. The van der Waals surface area contributed by atoms with Crippen LogP contribution in [0.2, 0.25) is 0 Å². The van der Waals surface area contributed by atoms with Gasteiger partial charge < -0.3 is 122 Å². The molecular weight excluding hydrogens is 1630 g/mol. The van der Waals surface area contributed by atoms with Gasteiger partial charge in [-0.2, -0.15) is 0 Å². The second kappa shape index (κ2) is 43.8. The van der Waals surface area contributed by atoms with Crippen molar-refractivity contribution in [3.63, 3.8) is 0 Å². The number of carbonyl (C=O) groups is 16. The third kappa shape index (κ3) is 29.5. The summed E-state index contributed by atoms with van der Waals surface area (Å²) in [6.45, 7) is 2.55. The lowest BCUT2D eigenvalue weighted by atomic mass is 9.99. The molecule has 109 heavy (non-hydrogen) atoms. The molecule has 3 heterocycles. The molecule has 5 rings (SSSR count). The maximum absolute atomic E-state index is 15.2. The van der Waals surface area contributed by atoms with E-state index in [0.29, 0.717) is 16.4 Å². The lowest BCUT2D eigenvalue weighted by molar-refractivity contribution is -0.146. The molecule has 2 aromatic carbocycles. The number of fused-ring (bicyclic) bond motifs is 9. The average molecular weight is 1720 g/mol. The fourth-order valence-corrected chi connectivity index (χ4v) is 16.9. The Labute approximate surface area is 654 Å². The number of carboxylic acid groups (broad SMARTS) is 2. The molecule has 45 heteroatoms. The van der Waals surface area contributed by atoms with Crippen LogP contribution in [0.1, 0.15) is 89.7 Å². The Balaban J connectivity index is 1.81. The number of aliphatic hydroxyl groups excluding tert-OH is 1. The van der Waals surface area contributed by atoms with Crippen LogP contribution < -0.4 is 92.1 Å². The molecule has 0 aliphatic carbocycles. The van der Waals surface area contributed by atoms with Gasteiger partial charge >= 0.3 is 18.0 Å². The molecule has 0 spiro atoms. The molecule has 0 aromatic heterocycles. The number of carbonyl (C=O) groups excluding carboxylic acids is 14. The molecule has 0 unspecified atom stereocenters. The predicted molar refractivity (Wildman–Crippen MR) is 406 cm³/mol. The van der Waals surface area contributed by atoms with Crippen molar-refractivity contribution >= 4 is 166 Å². The first kappa shape index (κ1) is 90.3. The summed E-state index contributed by atoms with van der Waals surface area (Å²) >= 11 is 1.79. The van der Waals surface area contributed by atoms with Gasteiger partial charge in [0.15, 0.2) is 5.96 Å². The van der Waals surface area contributed by atoms with E-state index in [1.165, 1.54) is 56.3 Å². The summed E-state index contributed by atoms with van der Waals surface area (Å²) in [5, 5.41) is 92.3. The van der Waals surface area contributed by atoms with Gasteiger partial charge in [0.1, 0.15) is 84.0 Å². The lowest BCUT2D eigenvalue weighted by Gasteiger charge is -2.35. The van der Waals surface area contributed by atoms with E-state index in [2.05, 4.69) is 69.1 Å². The molecule has 0 radical (unpaired) electrons. The van der Waals surface area contributed by atoms with Crippen LogP contribution in [-0.2, 0) is 84.8 Å². The van der Waals surface area contributed by atoms with Crippen molar-refractivity contribution in [2.24, 2.45) is 22.9 Å². The highest BCUT2D eigenvalue weighted by molar-refractivity contribution is 14.1. The maximum Gasteiger partial charge on any atom is 0.326 e. The molecule has 13 atom stereocenters. The monoisotopic (exact) mass is 1720 g/mol. The quantitative estimate of drug-likeness (QED) is 0.0162. The Bertz CT molecular complexity index is 3680. The zero-order valence-corrected chi connectivity index (χ0v) is 64.7. The summed E-state index contributed by atoms with van der Waals surface area (Å²) in [4.78, 5) is 228. The standard InChI is InChI=1S/C64H92IN19O21S4/c1-29(85)48-58(100)78-38(24-47(90)91)60(102)84-20-6-9-43(84)57(99)76-35(7-4-18-71-62(68)69)51(93)80-41-27-107-106-26-40(73-46(89)25-66)54(96)81-42(56(98)82-48)28-108-109-64(2,3)49(59(101)79-39(61(103)104)22-30-10-13-32(86)14-11-30)83-52(94)36(15-17-45(67)88)75-53(95)37(23-31-12-16-44(87)33(65)21-31)77-50(92)34(74-55(41)97)8-5-19-72-63(70)105/h10-14,16,21,29,34-43,48-49,85-87H,4-9,15,17-20,22-28,66H2,1-3H3,(H2,67,88)(H,73,89)(H,74,97)(H,75,95)(H,76,99)(H,77,92)(H,78,100)(H,79,101)(H,80,93)(H,81,96)(H,82,98)(H,83,94)(H,90,91)(H,103,104)(H4,68,69,71)(H3,70,72,105)/t29-,34+,35+,36+,37+,38+,39+,40-,41+,42+,43+,48+,49-/m1/s1. The molecule has 3 saturated heterocycles. The highest BCUT2D eigenvalue weighted by Gasteiger charge is 2.45. The van der Waals surface area contributed by atoms with Crippen LogP contribution in [0.5, 0.6) is 11.5 Å². The highest BCUT2D eigenvalue weighted by Crippen LogP contribution is 2.39. The van der Waals surface area contributed by atoms with Gasteiger partial charge in [0.2, 0.25) is 76.8 Å². The number of amides is 15. The lowest BCUT2D eigenvalue weighted by Crippen LogP contribution is -2.63. The number of halogens is 1. The van der Waals surface area contributed by atoms with E-state index in [9.17, 15) is 78.3 Å². The fourth-order valence-electron chi connectivity index (χ4n) is 11.1. The molecule has 3 fully saturated rings. The second-order valence-corrected chi connectivity index (χ2v) is 32.6. The number of aliphatic hydroxyl groups is 1. The van der Waals surface area contributed by atoms with Crippen LogP contribution in [0.25, 0.3) is 0 Å².